The molecule has 0 aromatic carbocycles. The zero-order valence-corrected chi connectivity index (χ0v) is 12.1. The van der Waals surface area contributed by atoms with E-state index in [-0.39, 0.29) is 5.91 Å². The van der Waals surface area contributed by atoms with E-state index >= 15 is 0 Å². The molecular weight excluding hydrogens is 258 g/mol. The van der Waals surface area contributed by atoms with Crippen LogP contribution in [-0.4, -0.2) is 27.2 Å². The first-order chi connectivity index (χ1) is 9.43. The van der Waals surface area contributed by atoms with Crippen LogP contribution < -0.4 is 5.32 Å². The van der Waals surface area contributed by atoms with E-state index in [1.54, 1.807) is 0 Å². The van der Waals surface area contributed by atoms with Crippen molar-refractivity contribution in [2.45, 2.75) is 40.0 Å². The van der Waals surface area contributed by atoms with Gasteiger partial charge in [-0.2, -0.15) is 5.10 Å². The zero-order valence-electron chi connectivity index (χ0n) is 12.1. The van der Waals surface area contributed by atoms with Gasteiger partial charge in [-0.15, -0.1) is 0 Å². The largest absolute Gasteiger partial charge is 0.481 e. The molecule has 1 fully saturated rings. The van der Waals surface area contributed by atoms with Crippen molar-refractivity contribution in [2.24, 2.45) is 17.8 Å². The first kappa shape index (κ1) is 14.6. The Hall–Kier alpha value is -1.85. The lowest BCUT2D eigenvalue weighted by atomic mass is 9.95. The molecule has 0 radical (unpaired) electrons. The van der Waals surface area contributed by atoms with Gasteiger partial charge in [-0.3, -0.25) is 14.7 Å². The van der Waals surface area contributed by atoms with Gasteiger partial charge in [0.1, 0.15) is 0 Å². The summed E-state index contributed by atoms with van der Waals surface area (Å²) in [5, 5.41) is 18.9. The van der Waals surface area contributed by atoms with Gasteiger partial charge in [-0.25, -0.2) is 0 Å². The molecule has 3 atom stereocenters. The first-order valence-corrected chi connectivity index (χ1v) is 6.99. The molecule has 2 rings (SSSR count). The van der Waals surface area contributed by atoms with Crippen LogP contribution in [-0.2, 0) is 9.59 Å². The number of nitrogens with zero attached hydrogens (tertiary/aromatic N) is 1. The van der Waals surface area contributed by atoms with E-state index in [0.29, 0.717) is 24.6 Å². The quantitative estimate of drug-likeness (QED) is 0.786. The molecule has 0 aliphatic heterocycles. The summed E-state index contributed by atoms with van der Waals surface area (Å²) in [6.07, 6.45) is 2.14. The van der Waals surface area contributed by atoms with Crippen molar-refractivity contribution in [3.8, 4) is 0 Å². The third-order valence-corrected chi connectivity index (χ3v) is 4.39. The van der Waals surface area contributed by atoms with Crippen molar-refractivity contribution in [2.75, 3.05) is 5.32 Å². The van der Waals surface area contributed by atoms with E-state index in [2.05, 4.69) is 15.5 Å². The van der Waals surface area contributed by atoms with E-state index in [1.807, 2.05) is 20.8 Å². The molecule has 1 aromatic heterocycles. The Labute approximate surface area is 118 Å². The fourth-order valence-electron chi connectivity index (χ4n) is 2.86. The van der Waals surface area contributed by atoms with Crippen LogP contribution in [0, 0.1) is 31.6 Å². The Morgan fingerprint density at radius 2 is 2.00 bits per heavy atom. The maximum Gasteiger partial charge on any atom is 0.307 e. The number of carboxylic acid groups (broad SMARTS) is 1. The summed E-state index contributed by atoms with van der Waals surface area (Å²) < 4.78 is 0. The molecular formula is C14H21N3O3. The number of amides is 1. The zero-order chi connectivity index (χ0) is 14.9. The molecule has 1 heterocycles. The minimum absolute atomic E-state index is 0.233. The SMILES string of the molecule is CCC1CC(C(=O)O)C(C(=O)Nc2n[nH]c(C)c2C)C1. The molecule has 0 spiro atoms. The number of aromatic amines is 1. The lowest BCUT2D eigenvalue weighted by molar-refractivity contribution is -0.145. The van der Waals surface area contributed by atoms with E-state index in [4.69, 9.17) is 0 Å². The maximum absolute atomic E-state index is 12.3. The maximum atomic E-state index is 12.3. The second kappa shape index (κ2) is 5.64. The van der Waals surface area contributed by atoms with Crippen molar-refractivity contribution in [1.29, 1.82) is 0 Å². The monoisotopic (exact) mass is 279 g/mol. The number of anilines is 1. The van der Waals surface area contributed by atoms with Gasteiger partial charge >= 0.3 is 5.97 Å². The number of H-pyrrole nitrogens is 1. The molecule has 3 N–H and O–H groups in total. The number of hydrogen-bond donors (Lipinski definition) is 3. The third kappa shape index (κ3) is 2.69. The molecule has 0 bridgehead atoms. The molecule has 6 nitrogen and oxygen atoms in total. The van der Waals surface area contributed by atoms with E-state index < -0.39 is 17.8 Å². The summed E-state index contributed by atoms with van der Waals surface area (Å²) in [7, 11) is 0. The van der Waals surface area contributed by atoms with Crippen LogP contribution in [0.5, 0.6) is 0 Å². The van der Waals surface area contributed by atoms with Gasteiger partial charge in [-0.05, 0) is 32.6 Å². The second-order valence-electron chi connectivity index (χ2n) is 5.61. The lowest BCUT2D eigenvalue weighted by Gasteiger charge is -2.14. The van der Waals surface area contributed by atoms with Crippen molar-refractivity contribution in [3.63, 3.8) is 0 Å². The van der Waals surface area contributed by atoms with Crippen molar-refractivity contribution < 1.29 is 14.7 Å². The first-order valence-electron chi connectivity index (χ1n) is 6.99. The van der Waals surface area contributed by atoms with Gasteiger partial charge in [0.05, 0.1) is 11.8 Å². The number of carbonyl (C=O) groups is 2. The number of carbonyl (C=O) groups excluding carboxylic acids is 1. The summed E-state index contributed by atoms with van der Waals surface area (Å²) in [6.45, 7) is 5.78. The number of aromatic nitrogens is 2. The van der Waals surface area contributed by atoms with E-state index in [9.17, 15) is 14.7 Å². The molecule has 1 amide bonds. The molecule has 0 saturated heterocycles. The predicted molar refractivity (Wildman–Crippen MR) is 74.3 cm³/mol. The minimum Gasteiger partial charge on any atom is -0.481 e. The van der Waals surface area contributed by atoms with Crippen LogP contribution in [0.1, 0.15) is 37.4 Å². The Morgan fingerprint density at radius 3 is 2.50 bits per heavy atom. The molecule has 1 saturated carbocycles. The Balaban J connectivity index is 2.11. The molecule has 110 valence electrons. The highest BCUT2D eigenvalue weighted by atomic mass is 16.4. The van der Waals surface area contributed by atoms with Crippen molar-refractivity contribution >= 4 is 17.7 Å². The molecule has 20 heavy (non-hydrogen) atoms. The standard InChI is InChI=1S/C14H21N3O3/c1-4-9-5-10(11(6-9)14(19)20)13(18)15-12-7(2)8(3)16-17-12/h9-11H,4-6H2,1-3H3,(H,19,20)(H2,15,16,17,18). The van der Waals surface area contributed by atoms with Crippen molar-refractivity contribution in [3.05, 3.63) is 11.3 Å². The third-order valence-electron chi connectivity index (χ3n) is 4.39. The molecule has 1 aliphatic carbocycles. The number of aliphatic carboxylic acids is 1. The highest BCUT2D eigenvalue weighted by molar-refractivity contribution is 5.95. The average molecular weight is 279 g/mol. The summed E-state index contributed by atoms with van der Waals surface area (Å²) in [4.78, 5) is 23.6. The van der Waals surface area contributed by atoms with Gasteiger partial charge < -0.3 is 10.4 Å². The topological polar surface area (TPSA) is 95.1 Å². The second-order valence-corrected chi connectivity index (χ2v) is 5.61. The highest BCUT2D eigenvalue weighted by Crippen LogP contribution is 2.39. The van der Waals surface area contributed by atoms with E-state index in [1.165, 1.54) is 0 Å². The normalized spacial score (nSPS) is 25.6. The fraction of sp³-hybridized carbons (Fsp3) is 0.643. The minimum atomic E-state index is -0.879. The van der Waals surface area contributed by atoms with E-state index in [0.717, 1.165) is 17.7 Å². The van der Waals surface area contributed by atoms with Crippen LogP contribution >= 0.6 is 0 Å². The van der Waals surface area contributed by atoms with Crippen LogP contribution in [0.4, 0.5) is 5.82 Å². The van der Waals surface area contributed by atoms with Gasteiger partial charge in [0.15, 0.2) is 5.82 Å². The number of aryl methyl sites for hydroxylation is 1. The van der Waals surface area contributed by atoms with Crippen molar-refractivity contribution in [1.82, 2.24) is 10.2 Å². The van der Waals surface area contributed by atoms with Gasteiger partial charge in [0.2, 0.25) is 5.91 Å². The Kier molecular flexibility index (Phi) is 4.11. The summed E-state index contributed by atoms with van der Waals surface area (Å²) in [5.41, 5.74) is 1.78. The van der Waals surface area contributed by atoms with Gasteiger partial charge in [0, 0.05) is 11.3 Å². The number of hydrogen-bond acceptors (Lipinski definition) is 3. The van der Waals surface area contributed by atoms with Crippen LogP contribution in [0.25, 0.3) is 0 Å². The van der Waals surface area contributed by atoms with Gasteiger partial charge in [0.25, 0.3) is 0 Å². The molecule has 1 aliphatic rings. The Bertz CT molecular complexity index is 524. The van der Waals surface area contributed by atoms with Crippen LogP contribution in [0.3, 0.4) is 0 Å². The van der Waals surface area contributed by atoms with Gasteiger partial charge in [-0.1, -0.05) is 13.3 Å². The number of rotatable bonds is 4. The smallest absolute Gasteiger partial charge is 0.307 e. The average Bonchev–Trinajstić information content (AvgIpc) is 2.97. The summed E-state index contributed by atoms with van der Waals surface area (Å²) in [5.74, 6) is -1.35. The molecule has 1 aromatic rings. The fourth-order valence-corrected chi connectivity index (χ4v) is 2.86. The molecule has 3 unspecified atom stereocenters. The Morgan fingerprint density at radius 1 is 1.35 bits per heavy atom. The van der Waals surface area contributed by atoms with Crippen LogP contribution in [0.2, 0.25) is 0 Å². The summed E-state index contributed by atoms with van der Waals surface area (Å²) >= 11 is 0. The van der Waals surface area contributed by atoms with Crippen LogP contribution in [0.15, 0.2) is 0 Å². The summed E-state index contributed by atoms with van der Waals surface area (Å²) in [6, 6.07) is 0. The predicted octanol–water partition coefficient (Wildman–Crippen LogP) is 2.10. The molecule has 6 heteroatoms. The highest BCUT2D eigenvalue weighted by Gasteiger charge is 2.42. The lowest BCUT2D eigenvalue weighted by Crippen LogP contribution is -2.30. The number of carboxylic acids is 1. The number of nitrogens with one attached hydrogen (secondary N) is 2.